The number of fused-ring (bicyclic) bond motifs is 1. The van der Waals surface area contributed by atoms with Crippen LogP contribution in [0.2, 0.25) is 0 Å². The van der Waals surface area contributed by atoms with E-state index in [-0.39, 0.29) is 0 Å². The fourth-order valence-corrected chi connectivity index (χ4v) is 0.983. The third-order valence-corrected chi connectivity index (χ3v) is 1.60. The number of carbonyl (C=O) groups is 1. The van der Waals surface area contributed by atoms with Crippen molar-refractivity contribution in [3.05, 3.63) is 30.6 Å². The summed E-state index contributed by atoms with van der Waals surface area (Å²) in [6, 6.07) is 5.87. The second-order valence-corrected chi connectivity index (χ2v) is 2.72. The van der Waals surface area contributed by atoms with Crippen LogP contribution >= 0.6 is 0 Å². The molecule has 0 radical (unpaired) electrons. The molecule has 0 fully saturated rings. The Bertz CT molecular complexity index is 485. The fourth-order valence-electron chi connectivity index (χ4n) is 0.983. The number of H-pyrrole nitrogens is 1. The molecule has 2 aromatic rings. The van der Waals surface area contributed by atoms with Gasteiger partial charge in [0.2, 0.25) is 6.08 Å². The topological polar surface area (TPSA) is 95.4 Å². The van der Waals surface area contributed by atoms with E-state index in [2.05, 4.69) is 15.0 Å². The van der Waals surface area contributed by atoms with E-state index in [1.165, 1.54) is 0 Å². The zero-order valence-electron chi connectivity index (χ0n) is 8.25. The first-order valence-corrected chi connectivity index (χ1v) is 4.37. The third kappa shape index (κ3) is 3.73. The smallest absolute Gasteiger partial charge is 0.326 e. The number of nitrogens with one attached hydrogen (secondary N) is 1. The van der Waals surface area contributed by atoms with Crippen LogP contribution in [-0.2, 0) is 9.59 Å². The normalized spacial score (nSPS) is 8.75. The van der Waals surface area contributed by atoms with Gasteiger partial charge >= 0.3 is 5.97 Å². The minimum atomic E-state index is -1.12. The standard InChI is InChI=1S/C7H6N2.C3H3NO3/c1-2-6-7(8-4-1)3-5-9-6;5-2-4-1-3(6)7/h1-5,9H;1H2,(H,6,7). The predicted molar refractivity (Wildman–Crippen MR) is 56.7 cm³/mol. The third-order valence-electron chi connectivity index (χ3n) is 1.60. The molecule has 2 N–H and O–H groups in total. The summed E-state index contributed by atoms with van der Waals surface area (Å²) in [5, 5.41) is 7.77. The maximum atomic E-state index is 9.49. The summed E-state index contributed by atoms with van der Waals surface area (Å²) in [6.07, 6.45) is 4.77. The van der Waals surface area contributed by atoms with Crippen LogP contribution in [0.4, 0.5) is 0 Å². The second kappa shape index (κ2) is 6.10. The summed E-state index contributed by atoms with van der Waals surface area (Å²) in [7, 11) is 0. The van der Waals surface area contributed by atoms with Crippen LogP contribution in [0.25, 0.3) is 11.0 Å². The highest BCUT2D eigenvalue weighted by molar-refractivity contribution is 5.73. The van der Waals surface area contributed by atoms with Crippen molar-refractivity contribution < 1.29 is 14.7 Å². The first-order chi connectivity index (χ1) is 7.74. The van der Waals surface area contributed by atoms with Gasteiger partial charge in [0.05, 0.1) is 11.0 Å². The van der Waals surface area contributed by atoms with E-state index in [0.717, 1.165) is 17.1 Å². The van der Waals surface area contributed by atoms with E-state index < -0.39 is 12.5 Å². The van der Waals surface area contributed by atoms with E-state index in [1.54, 1.807) is 6.20 Å². The number of aliphatic imine (C=N–C) groups is 1. The number of aliphatic carboxylic acids is 1. The zero-order chi connectivity index (χ0) is 11.8. The molecule has 2 rings (SSSR count). The Kier molecular flexibility index (Phi) is 4.43. The van der Waals surface area contributed by atoms with Gasteiger partial charge in [0.25, 0.3) is 0 Å². The van der Waals surface area contributed by atoms with Crippen molar-refractivity contribution in [2.45, 2.75) is 0 Å². The van der Waals surface area contributed by atoms with E-state index in [0.29, 0.717) is 0 Å². The first-order valence-electron chi connectivity index (χ1n) is 4.37. The minimum absolute atomic E-state index is 0.483. The summed E-state index contributed by atoms with van der Waals surface area (Å²) in [4.78, 5) is 28.6. The molecule has 0 saturated heterocycles. The Morgan fingerprint density at radius 3 is 2.94 bits per heavy atom. The summed E-state index contributed by atoms with van der Waals surface area (Å²) in [5.74, 6) is -1.12. The molecular formula is C10H9N3O3. The predicted octanol–water partition coefficient (Wildman–Crippen LogP) is 0.970. The summed E-state index contributed by atoms with van der Waals surface area (Å²) in [5.41, 5.74) is 2.12. The molecule has 0 spiro atoms. The molecule has 0 atom stereocenters. The van der Waals surface area contributed by atoms with Gasteiger partial charge in [-0.2, -0.15) is 4.99 Å². The van der Waals surface area contributed by atoms with E-state index >= 15 is 0 Å². The largest absolute Gasteiger partial charge is 0.480 e. The Morgan fingerprint density at radius 1 is 1.56 bits per heavy atom. The van der Waals surface area contributed by atoms with Crippen LogP contribution in [0.1, 0.15) is 0 Å². The highest BCUT2D eigenvalue weighted by Gasteiger charge is 1.88. The maximum absolute atomic E-state index is 9.49. The molecule has 0 unspecified atom stereocenters. The zero-order valence-corrected chi connectivity index (χ0v) is 8.25. The van der Waals surface area contributed by atoms with Crippen molar-refractivity contribution in [2.24, 2.45) is 4.99 Å². The number of carboxylic acids is 1. The Labute approximate surface area is 90.7 Å². The molecule has 0 aromatic carbocycles. The summed E-state index contributed by atoms with van der Waals surface area (Å²) < 4.78 is 0. The Balaban J connectivity index is 0.000000168. The minimum Gasteiger partial charge on any atom is -0.480 e. The van der Waals surface area contributed by atoms with Crippen LogP contribution in [0.5, 0.6) is 0 Å². The molecule has 0 aliphatic rings. The van der Waals surface area contributed by atoms with Crippen molar-refractivity contribution in [1.29, 1.82) is 0 Å². The molecule has 82 valence electrons. The number of nitrogens with zero attached hydrogens (tertiary/aromatic N) is 2. The van der Waals surface area contributed by atoms with Gasteiger partial charge in [-0.3, -0.25) is 9.78 Å². The van der Waals surface area contributed by atoms with Crippen molar-refractivity contribution in [3.63, 3.8) is 0 Å². The lowest BCUT2D eigenvalue weighted by Crippen LogP contribution is -1.97. The van der Waals surface area contributed by atoms with E-state index in [9.17, 15) is 4.79 Å². The van der Waals surface area contributed by atoms with Crippen molar-refractivity contribution in [1.82, 2.24) is 9.97 Å². The van der Waals surface area contributed by atoms with Gasteiger partial charge in [0.1, 0.15) is 6.54 Å². The highest BCUT2D eigenvalue weighted by atomic mass is 16.4. The van der Waals surface area contributed by atoms with Crippen molar-refractivity contribution >= 4 is 23.1 Å². The summed E-state index contributed by atoms with van der Waals surface area (Å²) >= 11 is 0. The number of hydrogen-bond acceptors (Lipinski definition) is 4. The van der Waals surface area contributed by atoms with Gasteiger partial charge in [-0.05, 0) is 18.2 Å². The van der Waals surface area contributed by atoms with Crippen LogP contribution in [0, 0.1) is 0 Å². The molecule has 6 nitrogen and oxygen atoms in total. The number of aromatic nitrogens is 2. The van der Waals surface area contributed by atoms with Gasteiger partial charge in [0.15, 0.2) is 0 Å². The molecule has 0 aliphatic carbocycles. The van der Waals surface area contributed by atoms with Crippen LogP contribution in [0.3, 0.4) is 0 Å². The lowest BCUT2D eigenvalue weighted by atomic mass is 10.4. The average Bonchev–Trinajstić information content (AvgIpc) is 2.75. The molecule has 6 heteroatoms. The molecule has 2 aromatic heterocycles. The number of carboxylic acid groups (broad SMARTS) is 1. The van der Waals surface area contributed by atoms with Gasteiger partial charge < -0.3 is 10.1 Å². The summed E-state index contributed by atoms with van der Waals surface area (Å²) in [6.45, 7) is -0.483. The van der Waals surface area contributed by atoms with Crippen LogP contribution < -0.4 is 0 Å². The van der Waals surface area contributed by atoms with E-state index in [1.807, 2.05) is 24.4 Å². The average molecular weight is 219 g/mol. The molecule has 16 heavy (non-hydrogen) atoms. The molecule has 2 heterocycles. The lowest BCUT2D eigenvalue weighted by Gasteiger charge is -1.82. The highest BCUT2D eigenvalue weighted by Crippen LogP contribution is 2.05. The monoisotopic (exact) mass is 219 g/mol. The van der Waals surface area contributed by atoms with Crippen molar-refractivity contribution in [3.8, 4) is 0 Å². The van der Waals surface area contributed by atoms with Gasteiger partial charge in [-0.1, -0.05) is 0 Å². The number of rotatable bonds is 2. The Hall–Kier alpha value is -2.46. The number of isocyanates is 1. The SMILES string of the molecule is O=C=NCC(=O)O.c1cnc2cc[nH]c2c1. The second-order valence-electron chi connectivity index (χ2n) is 2.72. The molecule has 0 bridgehead atoms. The lowest BCUT2D eigenvalue weighted by molar-refractivity contribution is -0.135. The fraction of sp³-hybridized carbons (Fsp3) is 0.100. The van der Waals surface area contributed by atoms with Gasteiger partial charge in [0, 0.05) is 12.4 Å². The molecule has 0 saturated carbocycles. The first kappa shape index (κ1) is 11.6. The quantitative estimate of drug-likeness (QED) is 0.581. The van der Waals surface area contributed by atoms with Crippen LogP contribution in [-0.4, -0.2) is 33.7 Å². The van der Waals surface area contributed by atoms with E-state index in [4.69, 9.17) is 9.90 Å². The molecule has 0 aliphatic heterocycles. The van der Waals surface area contributed by atoms with Crippen LogP contribution in [0.15, 0.2) is 35.6 Å². The van der Waals surface area contributed by atoms with Gasteiger partial charge in [-0.15, -0.1) is 0 Å². The molecule has 0 amide bonds. The number of hydrogen-bond donors (Lipinski definition) is 2. The molecular weight excluding hydrogens is 210 g/mol. The number of pyridine rings is 1. The number of aromatic amines is 1. The van der Waals surface area contributed by atoms with Crippen molar-refractivity contribution in [2.75, 3.05) is 6.54 Å². The van der Waals surface area contributed by atoms with Gasteiger partial charge in [-0.25, -0.2) is 4.79 Å². The maximum Gasteiger partial charge on any atom is 0.326 e. The Morgan fingerprint density at radius 2 is 2.38 bits per heavy atom. The number of carbonyl (C=O) groups excluding carboxylic acids is 1.